The minimum Gasteiger partial charge on any atom is -0.457 e. The smallest absolute Gasteiger partial charge is 0.270 e. The van der Waals surface area contributed by atoms with Gasteiger partial charge in [0.25, 0.3) is 11.6 Å². The summed E-state index contributed by atoms with van der Waals surface area (Å²) in [6, 6.07) is 19.1. The van der Waals surface area contributed by atoms with Gasteiger partial charge in [0.2, 0.25) is 0 Å². The molecule has 3 aromatic carbocycles. The molecule has 0 saturated carbocycles. The number of rotatable bonds is 5. The summed E-state index contributed by atoms with van der Waals surface area (Å²) in [5.74, 6) is -0.270. The van der Waals surface area contributed by atoms with Crippen molar-refractivity contribution >= 4 is 17.3 Å². The normalized spacial score (nSPS) is 13.3. The molecule has 0 N–H and O–H groups in total. The highest BCUT2D eigenvalue weighted by Gasteiger charge is 2.27. The van der Waals surface area contributed by atoms with E-state index in [0.29, 0.717) is 37.6 Å². The number of benzene rings is 3. The molecule has 0 aliphatic carbocycles. The highest BCUT2D eigenvalue weighted by molar-refractivity contribution is 5.98. The Morgan fingerprint density at radius 3 is 2.42 bits per heavy atom. The largest absolute Gasteiger partial charge is 0.457 e. The molecule has 166 valence electrons. The third-order valence-corrected chi connectivity index (χ3v) is 5.39. The number of nitro benzene ring substituents is 1. The van der Waals surface area contributed by atoms with Crippen LogP contribution in [0.5, 0.6) is 11.5 Å². The lowest BCUT2D eigenvalue weighted by molar-refractivity contribution is -0.384. The number of anilines is 1. The molecule has 0 bridgehead atoms. The summed E-state index contributed by atoms with van der Waals surface area (Å²) in [7, 11) is 0. The molecule has 0 spiro atoms. The van der Waals surface area contributed by atoms with Crippen molar-refractivity contribution in [3.63, 3.8) is 0 Å². The third-order valence-electron chi connectivity index (χ3n) is 5.39. The van der Waals surface area contributed by atoms with Gasteiger partial charge in [0.1, 0.15) is 28.9 Å². The average molecular weight is 446 g/mol. The van der Waals surface area contributed by atoms with Gasteiger partial charge in [0.05, 0.1) is 16.2 Å². The number of hydrogen-bond donors (Lipinski definition) is 0. The highest BCUT2D eigenvalue weighted by Crippen LogP contribution is 2.31. The third kappa shape index (κ3) is 4.60. The maximum Gasteiger partial charge on any atom is 0.270 e. The lowest BCUT2D eigenvalue weighted by Gasteiger charge is -2.36. The first-order valence-electron chi connectivity index (χ1n) is 10.2. The standard InChI is InChI=1S/C24H19FN4O4/c25-21-7-4-8-22(20(21)16-26)27-11-13-28(14-12-27)24(30)19-15-17(29(31)32)9-10-23(19)33-18-5-2-1-3-6-18/h1-10,15H,11-14H2. The molecule has 33 heavy (non-hydrogen) atoms. The number of amides is 1. The van der Waals surface area contributed by atoms with Crippen LogP contribution in [0.2, 0.25) is 0 Å². The SMILES string of the molecule is N#Cc1c(F)cccc1N1CCN(C(=O)c2cc([N+](=O)[O-])ccc2Oc2ccccc2)CC1. The summed E-state index contributed by atoms with van der Waals surface area (Å²) in [5.41, 5.74) is 0.323. The summed E-state index contributed by atoms with van der Waals surface area (Å²) in [4.78, 5) is 27.4. The minimum atomic E-state index is -0.590. The Morgan fingerprint density at radius 1 is 1.03 bits per heavy atom. The first kappa shape index (κ1) is 21.8. The quantitative estimate of drug-likeness (QED) is 0.427. The summed E-state index contributed by atoms with van der Waals surface area (Å²) in [6.45, 7) is 1.36. The number of nitro groups is 1. The summed E-state index contributed by atoms with van der Waals surface area (Å²) >= 11 is 0. The molecule has 0 radical (unpaired) electrons. The number of nitrogens with zero attached hydrogens (tertiary/aromatic N) is 4. The first-order valence-corrected chi connectivity index (χ1v) is 10.2. The molecule has 1 aliphatic heterocycles. The molecular weight excluding hydrogens is 427 g/mol. The lowest BCUT2D eigenvalue weighted by atomic mass is 10.1. The first-order chi connectivity index (χ1) is 16.0. The number of halogens is 1. The maximum absolute atomic E-state index is 14.0. The molecule has 1 amide bonds. The topological polar surface area (TPSA) is 99.7 Å². The van der Waals surface area contributed by atoms with Crippen LogP contribution in [0.25, 0.3) is 0 Å². The summed E-state index contributed by atoms with van der Waals surface area (Å²) in [6.07, 6.45) is 0. The summed E-state index contributed by atoms with van der Waals surface area (Å²) < 4.78 is 19.8. The lowest BCUT2D eigenvalue weighted by Crippen LogP contribution is -2.49. The number of piperazine rings is 1. The van der Waals surface area contributed by atoms with E-state index in [2.05, 4.69) is 0 Å². The van der Waals surface area contributed by atoms with Gasteiger partial charge in [-0.2, -0.15) is 5.26 Å². The molecule has 3 aromatic rings. The van der Waals surface area contributed by atoms with Gasteiger partial charge in [-0.25, -0.2) is 4.39 Å². The van der Waals surface area contributed by atoms with Crippen LogP contribution in [0.15, 0.2) is 66.7 Å². The zero-order valence-corrected chi connectivity index (χ0v) is 17.5. The van der Waals surface area contributed by atoms with Crippen molar-refractivity contribution in [3.05, 3.63) is 93.8 Å². The van der Waals surface area contributed by atoms with E-state index in [0.717, 1.165) is 0 Å². The van der Waals surface area contributed by atoms with Crippen molar-refractivity contribution in [1.29, 1.82) is 5.26 Å². The Labute approximate surface area is 189 Å². The molecular formula is C24H19FN4O4. The van der Waals surface area contributed by atoms with Crippen LogP contribution >= 0.6 is 0 Å². The number of hydrogen-bond acceptors (Lipinski definition) is 6. The van der Waals surface area contributed by atoms with Gasteiger partial charge in [-0.05, 0) is 30.3 Å². The van der Waals surface area contributed by atoms with E-state index in [-0.39, 0.29) is 22.6 Å². The highest BCUT2D eigenvalue weighted by atomic mass is 19.1. The van der Waals surface area contributed by atoms with Crippen LogP contribution in [0.3, 0.4) is 0 Å². The fourth-order valence-corrected chi connectivity index (χ4v) is 3.71. The predicted molar refractivity (Wildman–Crippen MR) is 119 cm³/mol. The van der Waals surface area contributed by atoms with Gasteiger partial charge >= 0.3 is 0 Å². The zero-order valence-electron chi connectivity index (χ0n) is 17.5. The average Bonchev–Trinajstić information content (AvgIpc) is 2.84. The monoisotopic (exact) mass is 446 g/mol. The fourth-order valence-electron chi connectivity index (χ4n) is 3.71. The Bertz CT molecular complexity index is 1230. The van der Waals surface area contributed by atoms with E-state index < -0.39 is 16.6 Å². The number of para-hydroxylation sites is 1. The Hall–Kier alpha value is -4.45. The molecule has 0 unspecified atom stereocenters. The van der Waals surface area contributed by atoms with Crippen molar-refractivity contribution in [2.45, 2.75) is 0 Å². The van der Waals surface area contributed by atoms with E-state index in [9.17, 15) is 24.6 Å². The van der Waals surface area contributed by atoms with E-state index in [1.165, 1.54) is 24.3 Å². The molecule has 0 aromatic heterocycles. The fraction of sp³-hybridized carbons (Fsp3) is 0.167. The van der Waals surface area contributed by atoms with Gasteiger partial charge in [-0.1, -0.05) is 24.3 Å². The van der Waals surface area contributed by atoms with Crippen LogP contribution in [-0.2, 0) is 0 Å². The van der Waals surface area contributed by atoms with Crippen LogP contribution in [0.1, 0.15) is 15.9 Å². The number of ether oxygens (including phenoxy) is 1. The Balaban J connectivity index is 1.56. The molecule has 4 rings (SSSR count). The molecule has 0 atom stereocenters. The second-order valence-corrected chi connectivity index (χ2v) is 7.38. The maximum atomic E-state index is 14.0. The van der Waals surface area contributed by atoms with E-state index in [1.54, 1.807) is 41.3 Å². The molecule has 1 saturated heterocycles. The van der Waals surface area contributed by atoms with Gasteiger partial charge in [-0.15, -0.1) is 0 Å². The molecule has 9 heteroatoms. The number of carbonyl (C=O) groups is 1. The van der Waals surface area contributed by atoms with Crippen LogP contribution in [0.4, 0.5) is 15.8 Å². The van der Waals surface area contributed by atoms with Gasteiger partial charge < -0.3 is 14.5 Å². The molecule has 1 aliphatic rings. The van der Waals surface area contributed by atoms with Crippen molar-refractivity contribution in [3.8, 4) is 17.6 Å². The molecule has 1 fully saturated rings. The predicted octanol–water partition coefficient (Wildman–Crippen LogP) is 4.36. The van der Waals surface area contributed by atoms with Crippen LogP contribution < -0.4 is 9.64 Å². The number of non-ortho nitro benzene ring substituents is 1. The van der Waals surface area contributed by atoms with Gasteiger partial charge in [-0.3, -0.25) is 14.9 Å². The van der Waals surface area contributed by atoms with E-state index in [1.807, 2.05) is 17.0 Å². The second kappa shape index (κ2) is 9.36. The minimum absolute atomic E-state index is 0.0329. The van der Waals surface area contributed by atoms with Gasteiger partial charge in [0, 0.05) is 38.3 Å². The van der Waals surface area contributed by atoms with E-state index >= 15 is 0 Å². The Kier molecular flexibility index (Phi) is 6.17. The number of nitriles is 1. The summed E-state index contributed by atoms with van der Waals surface area (Å²) in [5, 5.41) is 20.6. The van der Waals surface area contributed by atoms with Crippen molar-refractivity contribution in [2.75, 3.05) is 31.1 Å². The van der Waals surface area contributed by atoms with Crippen molar-refractivity contribution in [1.82, 2.24) is 4.90 Å². The van der Waals surface area contributed by atoms with Crippen LogP contribution in [0, 0.1) is 27.3 Å². The van der Waals surface area contributed by atoms with Gasteiger partial charge in [0.15, 0.2) is 0 Å². The van der Waals surface area contributed by atoms with Crippen molar-refractivity contribution in [2.24, 2.45) is 0 Å². The number of carbonyl (C=O) groups excluding carboxylic acids is 1. The second-order valence-electron chi connectivity index (χ2n) is 7.38. The van der Waals surface area contributed by atoms with Crippen LogP contribution in [-0.4, -0.2) is 41.9 Å². The van der Waals surface area contributed by atoms with E-state index in [4.69, 9.17) is 4.74 Å². The zero-order chi connectivity index (χ0) is 23.4. The van der Waals surface area contributed by atoms with Crippen molar-refractivity contribution < 1.29 is 18.8 Å². The Morgan fingerprint density at radius 2 is 1.76 bits per heavy atom. The molecule has 1 heterocycles. The molecule has 8 nitrogen and oxygen atoms in total.